The molecule has 0 spiro atoms. The molecule has 1 aromatic heterocycles. The summed E-state index contributed by atoms with van der Waals surface area (Å²) in [5.41, 5.74) is 0. The maximum absolute atomic E-state index is 5.27. The molecule has 1 unspecified atom stereocenters. The summed E-state index contributed by atoms with van der Waals surface area (Å²) < 4.78 is 5.27. The topological polar surface area (TPSA) is 46.2 Å². The molecule has 0 radical (unpaired) electrons. The highest BCUT2D eigenvalue weighted by Crippen LogP contribution is 2.25. The van der Waals surface area contributed by atoms with E-state index in [0.29, 0.717) is 5.92 Å². The molecule has 1 atom stereocenters. The Kier molecular flexibility index (Phi) is 4.02. The van der Waals surface area contributed by atoms with Gasteiger partial charge in [0, 0.05) is 18.1 Å². The third kappa shape index (κ3) is 2.85. The van der Waals surface area contributed by atoms with Gasteiger partial charge in [0.05, 0.1) is 7.11 Å². The van der Waals surface area contributed by atoms with Crippen molar-refractivity contribution in [2.45, 2.75) is 12.8 Å². The van der Waals surface area contributed by atoms with Gasteiger partial charge >= 0.3 is 0 Å². The Morgan fingerprint density at radius 2 is 2.35 bits per heavy atom. The number of ether oxygens (including phenoxy) is 1. The molecule has 0 saturated carbocycles. The summed E-state index contributed by atoms with van der Waals surface area (Å²) >= 11 is 0. The lowest BCUT2D eigenvalue weighted by Gasteiger charge is -2.23. The van der Waals surface area contributed by atoms with E-state index in [4.69, 9.17) is 4.74 Å². The fraction of sp³-hybridized carbons (Fsp3) is 0.438. The molecule has 1 aliphatic heterocycles. The highest BCUT2D eigenvalue weighted by atomic mass is 16.5. The first-order chi connectivity index (χ1) is 9.86. The van der Waals surface area contributed by atoms with Gasteiger partial charge in [0.25, 0.3) is 0 Å². The molecule has 2 aromatic rings. The highest BCUT2D eigenvalue weighted by Gasteiger charge is 2.13. The van der Waals surface area contributed by atoms with Crippen LogP contribution in [0.25, 0.3) is 10.8 Å². The minimum absolute atomic E-state index is 0.694. The summed E-state index contributed by atoms with van der Waals surface area (Å²) in [6, 6.07) is 8.12. The zero-order valence-electron chi connectivity index (χ0n) is 11.9. The Morgan fingerprint density at radius 3 is 3.15 bits per heavy atom. The fourth-order valence-electron chi connectivity index (χ4n) is 2.76. The Balaban J connectivity index is 1.76. The van der Waals surface area contributed by atoms with Crippen molar-refractivity contribution in [1.82, 2.24) is 10.3 Å². The standard InChI is InChI=1S/C16H21N3O/c1-20-14-4-5-15-13(9-14)6-8-18-16(15)19-11-12-3-2-7-17-10-12/h4-6,8-9,12,17H,2-3,7,10-11H2,1H3,(H,18,19). The van der Waals surface area contributed by atoms with E-state index in [-0.39, 0.29) is 0 Å². The Hall–Kier alpha value is -1.81. The molecule has 4 nitrogen and oxygen atoms in total. The number of methoxy groups -OCH3 is 1. The minimum atomic E-state index is 0.694. The van der Waals surface area contributed by atoms with E-state index in [1.54, 1.807) is 7.11 Å². The van der Waals surface area contributed by atoms with Crippen molar-refractivity contribution in [2.75, 3.05) is 32.1 Å². The molecule has 1 saturated heterocycles. The van der Waals surface area contributed by atoms with Crippen molar-refractivity contribution in [1.29, 1.82) is 0 Å². The van der Waals surface area contributed by atoms with Crippen molar-refractivity contribution in [3.63, 3.8) is 0 Å². The summed E-state index contributed by atoms with van der Waals surface area (Å²) in [5.74, 6) is 2.54. The Morgan fingerprint density at radius 1 is 1.40 bits per heavy atom. The SMILES string of the molecule is COc1ccc2c(NCC3CCCNC3)nccc2c1. The first kappa shape index (κ1) is 13.2. The molecule has 1 aromatic carbocycles. The number of pyridine rings is 1. The second-order valence-electron chi connectivity index (χ2n) is 5.34. The van der Waals surface area contributed by atoms with Gasteiger partial charge in [0.2, 0.25) is 0 Å². The van der Waals surface area contributed by atoms with Gasteiger partial charge in [-0.2, -0.15) is 0 Å². The average molecular weight is 271 g/mol. The van der Waals surface area contributed by atoms with Crippen LogP contribution in [0.2, 0.25) is 0 Å². The van der Waals surface area contributed by atoms with E-state index in [0.717, 1.165) is 42.0 Å². The molecule has 0 bridgehead atoms. The van der Waals surface area contributed by atoms with Crippen LogP contribution < -0.4 is 15.4 Å². The Bertz CT molecular complexity index is 579. The number of nitrogens with zero attached hydrogens (tertiary/aromatic N) is 1. The number of benzene rings is 1. The maximum Gasteiger partial charge on any atom is 0.133 e. The lowest BCUT2D eigenvalue weighted by Crippen LogP contribution is -2.33. The van der Waals surface area contributed by atoms with Gasteiger partial charge in [-0.15, -0.1) is 0 Å². The number of anilines is 1. The number of fused-ring (bicyclic) bond motifs is 1. The molecule has 3 rings (SSSR count). The second kappa shape index (κ2) is 6.09. The van der Waals surface area contributed by atoms with E-state index in [1.165, 1.54) is 12.8 Å². The van der Waals surface area contributed by atoms with Crippen LogP contribution in [0.1, 0.15) is 12.8 Å². The van der Waals surface area contributed by atoms with Crippen LogP contribution in [-0.2, 0) is 0 Å². The monoisotopic (exact) mass is 271 g/mol. The van der Waals surface area contributed by atoms with Crippen molar-refractivity contribution >= 4 is 16.6 Å². The van der Waals surface area contributed by atoms with Gasteiger partial charge < -0.3 is 15.4 Å². The van der Waals surface area contributed by atoms with Crippen molar-refractivity contribution in [3.05, 3.63) is 30.5 Å². The van der Waals surface area contributed by atoms with E-state index >= 15 is 0 Å². The zero-order chi connectivity index (χ0) is 13.8. The van der Waals surface area contributed by atoms with Crippen molar-refractivity contribution in [2.24, 2.45) is 5.92 Å². The van der Waals surface area contributed by atoms with E-state index in [1.807, 2.05) is 24.4 Å². The summed E-state index contributed by atoms with van der Waals surface area (Å²) in [5, 5.41) is 9.26. The minimum Gasteiger partial charge on any atom is -0.497 e. The molecular weight excluding hydrogens is 250 g/mol. The van der Waals surface area contributed by atoms with E-state index in [9.17, 15) is 0 Å². The normalized spacial score (nSPS) is 18.9. The van der Waals surface area contributed by atoms with Gasteiger partial charge in [0.15, 0.2) is 0 Å². The summed E-state index contributed by atoms with van der Waals surface area (Å²) in [4.78, 5) is 4.47. The Labute approximate surface area is 119 Å². The van der Waals surface area contributed by atoms with Crippen LogP contribution in [0.3, 0.4) is 0 Å². The summed E-state index contributed by atoms with van der Waals surface area (Å²) in [6.07, 6.45) is 4.41. The number of nitrogens with one attached hydrogen (secondary N) is 2. The summed E-state index contributed by atoms with van der Waals surface area (Å²) in [6.45, 7) is 3.24. The van der Waals surface area contributed by atoms with Crippen molar-refractivity contribution < 1.29 is 4.74 Å². The number of hydrogen-bond acceptors (Lipinski definition) is 4. The highest BCUT2D eigenvalue weighted by molar-refractivity contribution is 5.92. The lowest BCUT2D eigenvalue weighted by molar-refractivity contribution is 0.393. The predicted octanol–water partition coefficient (Wildman–Crippen LogP) is 2.65. The smallest absolute Gasteiger partial charge is 0.133 e. The van der Waals surface area contributed by atoms with E-state index in [2.05, 4.69) is 21.7 Å². The summed E-state index contributed by atoms with van der Waals surface area (Å²) in [7, 11) is 1.69. The van der Waals surface area contributed by atoms with Gasteiger partial charge in [-0.05, 0) is 61.5 Å². The third-order valence-electron chi connectivity index (χ3n) is 3.93. The van der Waals surface area contributed by atoms with Gasteiger partial charge in [-0.25, -0.2) is 4.98 Å². The number of rotatable bonds is 4. The van der Waals surface area contributed by atoms with Gasteiger partial charge in [-0.1, -0.05) is 0 Å². The molecular formula is C16H21N3O. The number of aromatic nitrogens is 1. The number of hydrogen-bond donors (Lipinski definition) is 2. The molecule has 20 heavy (non-hydrogen) atoms. The molecule has 4 heteroatoms. The quantitative estimate of drug-likeness (QED) is 0.897. The molecule has 0 amide bonds. The van der Waals surface area contributed by atoms with Gasteiger partial charge in [0.1, 0.15) is 11.6 Å². The van der Waals surface area contributed by atoms with Crippen LogP contribution in [0, 0.1) is 5.92 Å². The lowest BCUT2D eigenvalue weighted by atomic mass is 10.00. The maximum atomic E-state index is 5.27. The van der Waals surface area contributed by atoms with Crippen LogP contribution in [0.5, 0.6) is 5.75 Å². The number of piperidine rings is 1. The van der Waals surface area contributed by atoms with Gasteiger partial charge in [-0.3, -0.25) is 0 Å². The predicted molar refractivity (Wildman–Crippen MR) is 82.4 cm³/mol. The van der Waals surface area contributed by atoms with Crippen LogP contribution in [-0.4, -0.2) is 31.7 Å². The second-order valence-corrected chi connectivity index (χ2v) is 5.34. The average Bonchev–Trinajstić information content (AvgIpc) is 2.53. The third-order valence-corrected chi connectivity index (χ3v) is 3.93. The molecule has 1 fully saturated rings. The molecule has 106 valence electrons. The zero-order valence-corrected chi connectivity index (χ0v) is 11.9. The molecule has 0 aliphatic carbocycles. The van der Waals surface area contributed by atoms with Crippen LogP contribution in [0.4, 0.5) is 5.82 Å². The van der Waals surface area contributed by atoms with Crippen molar-refractivity contribution in [3.8, 4) is 5.75 Å². The molecule has 1 aliphatic rings. The van der Waals surface area contributed by atoms with E-state index < -0.39 is 0 Å². The molecule has 2 heterocycles. The van der Waals surface area contributed by atoms with Crippen LogP contribution >= 0.6 is 0 Å². The first-order valence-electron chi connectivity index (χ1n) is 7.24. The largest absolute Gasteiger partial charge is 0.497 e. The molecule has 2 N–H and O–H groups in total. The first-order valence-corrected chi connectivity index (χ1v) is 7.24. The van der Waals surface area contributed by atoms with Crippen LogP contribution in [0.15, 0.2) is 30.5 Å². The fourth-order valence-corrected chi connectivity index (χ4v) is 2.76.